The van der Waals surface area contributed by atoms with Gasteiger partial charge in [0.25, 0.3) is 0 Å². The third kappa shape index (κ3) is 4.55. The van der Waals surface area contributed by atoms with Gasteiger partial charge in [-0.2, -0.15) is 0 Å². The Balaban J connectivity index is 1.61. The van der Waals surface area contributed by atoms with Gasteiger partial charge in [0.2, 0.25) is 5.91 Å². The van der Waals surface area contributed by atoms with Crippen molar-refractivity contribution in [3.8, 4) is 0 Å². The monoisotopic (exact) mass is 429 g/mol. The van der Waals surface area contributed by atoms with Gasteiger partial charge in [-0.25, -0.2) is 0 Å². The lowest BCUT2D eigenvalue weighted by Gasteiger charge is -2.50. The molecule has 1 aliphatic carbocycles. The molecule has 2 heterocycles. The molecule has 0 unspecified atom stereocenters. The second-order valence-electron chi connectivity index (χ2n) is 10.4. The first kappa shape index (κ1) is 22.8. The Morgan fingerprint density at radius 2 is 1.84 bits per heavy atom. The van der Waals surface area contributed by atoms with Gasteiger partial charge in [-0.1, -0.05) is 49.6 Å². The van der Waals surface area contributed by atoms with Crippen LogP contribution in [0.1, 0.15) is 82.6 Å². The highest BCUT2D eigenvalue weighted by Crippen LogP contribution is 2.51. The van der Waals surface area contributed by atoms with E-state index in [0.717, 1.165) is 38.5 Å². The normalized spacial score (nSPS) is 36.6. The van der Waals surface area contributed by atoms with Gasteiger partial charge in [-0.3, -0.25) is 4.79 Å². The van der Waals surface area contributed by atoms with Crippen molar-refractivity contribution in [2.24, 2.45) is 5.92 Å². The molecular weight excluding hydrogens is 390 g/mol. The number of carbonyl (C=O) groups is 1. The molecule has 1 aromatic rings. The lowest BCUT2D eigenvalue weighted by molar-refractivity contribution is -0.226. The van der Waals surface area contributed by atoms with Crippen molar-refractivity contribution < 1.29 is 19.7 Å². The first-order valence-corrected chi connectivity index (χ1v) is 12.2. The molecule has 1 aromatic carbocycles. The van der Waals surface area contributed by atoms with E-state index in [-0.39, 0.29) is 30.4 Å². The minimum absolute atomic E-state index is 0.0647. The number of likely N-dealkylation sites (N-methyl/N-ethyl adjacent to an activating group) is 1. The molecule has 2 N–H and O–H groups in total. The molecule has 0 aromatic heterocycles. The third-order valence-corrected chi connectivity index (χ3v) is 8.24. The Morgan fingerprint density at radius 3 is 2.52 bits per heavy atom. The average molecular weight is 430 g/mol. The first-order chi connectivity index (χ1) is 14.9. The van der Waals surface area contributed by atoms with Gasteiger partial charge in [0.15, 0.2) is 0 Å². The van der Waals surface area contributed by atoms with Crippen molar-refractivity contribution >= 4 is 5.91 Å². The van der Waals surface area contributed by atoms with Crippen molar-refractivity contribution in [2.75, 3.05) is 13.7 Å². The number of ether oxygens (including phenoxy) is 1. The number of hydrogen-bond donors (Lipinski definition) is 2. The standard InChI is InChI=1S/C26H39NO4/c1-25-17-21(19-9-5-3-6-10-19)18-26(31-25,15-16-28)14-13-22(23(25)29)27(2)24(30)20-11-7-4-8-12-20/h3,5-6,9-10,20-23,28-29H,4,7-8,11-18H2,1-2H3/t21-,22+,23-,25+,26-/m1/s1. The Labute approximate surface area is 186 Å². The van der Waals surface area contributed by atoms with Gasteiger partial charge in [0.1, 0.15) is 6.10 Å². The maximum atomic E-state index is 13.3. The smallest absolute Gasteiger partial charge is 0.225 e. The fourth-order valence-electron chi connectivity index (χ4n) is 6.55. The molecule has 2 bridgehead atoms. The number of hydrogen-bond acceptors (Lipinski definition) is 4. The molecule has 31 heavy (non-hydrogen) atoms. The molecule has 1 saturated carbocycles. The molecule has 1 amide bonds. The Morgan fingerprint density at radius 1 is 1.13 bits per heavy atom. The highest BCUT2D eigenvalue weighted by atomic mass is 16.5. The molecule has 2 aliphatic heterocycles. The quantitative estimate of drug-likeness (QED) is 0.742. The highest BCUT2D eigenvalue weighted by molar-refractivity contribution is 5.79. The highest BCUT2D eigenvalue weighted by Gasteiger charge is 2.55. The van der Waals surface area contributed by atoms with Gasteiger partial charge in [-0.15, -0.1) is 0 Å². The molecule has 2 saturated heterocycles. The summed E-state index contributed by atoms with van der Waals surface area (Å²) < 4.78 is 6.68. The van der Waals surface area contributed by atoms with Crippen molar-refractivity contribution in [3.63, 3.8) is 0 Å². The SMILES string of the molecule is CN(C(=O)C1CCCCC1)[C@H]1CC[C@@]2(CCO)C[C@H](c3ccccc3)C[C@](C)(O2)[C@@H]1O. The van der Waals surface area contributed by atoms with Crippen LogP contribution >= 0.6 is 0 Å². The number of nitrogens with zero attached hydrogens (tertiary/aromatic N) is 1. The van der Waals surface area contributed by atoms with Gasteiger partial charge >= 0.3 is 0 Å². The summed E-state index contributed by atoms with van der Waals surface area (Å²) >= 11 is 0. The maximum Gasteiger partial charge on any atom is 0.225 e. The van der Waals surface area contributed by atoms with Crippen LogP contribution in [-0.4, -0.2) is 58.0 Å². The maximum absolute atomic E-state index is 13.3. The second kappa shape index (κ2) is 9.21. The van der Waals surface area contributed by atoms with Crippen LogP contribution < -0.4 is 0 Å². The number of benzene rings is 1. The van der Waals surface area contributed by atoms with E-state index in [1.165, 1.54) is 12.0 Å². The van der Waals surface area contributed by atoms with E-state index in [1.807, 2.05) is 24.9 Å². The molecule has 4 rings (SSSR count). The minimum Gasteiger partial charge on any atom is -0.396 e. The average Bonchev–Trinajstić information content (AvgIpc) is 2.86. The van der Waals surface area contributed by atoms with E-state index in [9.17, 15) is 15.0 Å². The van der Waals surface area contributed by atoms with E-state index in [4.69, 9.17) is 4.74 Å². The lowest BCUT2D eigenvalue weighted by atomic mass is 9.73. The molecular formula is C26H39NO4. The largest absolute Gasteiger partial charge is 0.396 e. The summed E-state index contributed by atoms with van der Waals surface area (Å²) in [5.74, 6) is 0.532. The van der Waals surface area contributed by atoms with Crippen molar-refractivity contribution in [1.29, 1.82) is 0 Å². The van der Waals surface area contributed by atoms with Crippen LogP contribution in [0, 0.1) is 5.92 Å². The number of carbonyl (C=O) groups excluding carboxylic acids is 1. The summed E-state index contributed by atoms with van der Waals surface area (Å²) in [4.78, 5) is 15.1. The fourth-order valence-corrected chi connectivity index (χ4v) is 6.55. The summed E-state index contributed by atoms with van der Waals surface area (Å²) in [6, 6.07) is 10.2. The van der Waals surface area contributed by atoms with E-state index >= 15 is 0 Å². The zero-order valence-corrected chi connectivity index (χ0v) is 19.1. The molecule has 5 nitrogen and oxygen atoms in total. The molecule has 3 aliphatic rings. The van der Waals surface area contributed by atoms with Crippen molar-refractivity contribution in [2.45, 2.75) is 100 Å². The van der Waals surface area contributed by atoms with E-state index in [2.05, 4.69) is 24.3 Å². The van der Waals surface area contributed by atoms with Crippen molar-refractivity contribution in [3.05, 3.63) is 35.9 Å². The number of rotatable bonds is 5. The summed E-state index contributed by atoms with van der Waals surface area (Å²) in [6.07, 6.45) is 8.20. The zero-order valence-electron chi connectivity index (χ0n) is 19.1. The number of aliphatic hydroxyl groups excluding tert-OH is 2. The molecule has 5 atom stereocenters. The predicted molar refractivity (Wildman–Crippen MR) is 121 cm³/mol. The number of amides is 1. The number of fused-ring (bicyclic) bond motifs is 2. The minimum atomic E-state index is -0.754. The molecule has 172 valence electrons. The summed E-state index contributed by atoms with van der Waals surface area (Å²) in [7, 11) is 1.87. The number of aliphatic hydroxyl groups is 2. The molecule has 0 radical (unpaired) electrons. The first-order valence-electron chi connectivity index (χ1n) is 12.2. The van der Waals surface area contributed by atoms with Crippen LogP contribution in [0.15, 0.2) is 30.3 Å². The topological polar surface area (TPSA) is 70.0 Å². The Hall–Kier alpha value is -1.43. The summed E-state index contributed by atoms with van der Waals surface area (Å²) in [5, 5.41) is 21.5. The van der Waals surface area contributed by atoms with Crippen LogP contribution in [0.5, 0.6) is 0 Å². The van der Waals surface area contributed by atoms with E-state index < -0.39 is 17.3 Å². The van der Waals surface area contributed by atoms with E-state index in [0.29, 0.717) is 19.3 Å². The van der Waals surface area contributed by atoms with Gasteiger partial charge in [0, 0.05) is 19.6 Å². The van der Waals surface area contributed by atoms with Crippen LogP contribution in [0.25, 0.3) is 0 Å². The van der Waals surface area contributed by atoms with E-state index in [1.54, 1.807) is 0 Å². The van der Waals surface area contributed by atoms with Crippen LogP contribution in [0.2, 0.25) is 0 Å². The molecule has 3 fully saturated rings. The van der Waals surface area contributed by atoms with Crippen LogP contribution in [0.3, 0.4) is 0 Å². The summed E-state index contributed by atoms with van der Waals surface area (Å²) in [5.41, 5.74) is 0.0414. The summed E-state index contributed by atoms with van der Waals surface area (Å²) in [6.45, 7) is 2.07. The second-order valence-corrected chi connectivity index (χ2v) is 10.4. The lowest BCUT2D eigenvalue weighted by Crippen LogP contribution is -2.58. The third-order valence-electron chi connectivity index (χ3n) is 8.24. The fraction of sp³-hybridized carbons (Fsp3) is 0.731. The zero-order chi connectivity index (χ0) is 22.1. The molecule has 0 spiro atoms. The molecule has 5 heteroatoms. The Bertz CT molecular complexity index is 749. The predicted octanol–water partition coefficient (Wildman–Crippen LogP) is 4.02. The Kier molecular flexibility index (Phi) is 6.76. The van der Waals surface area contributed by atoms with Gasteiger partial charge < -0.3 is 19.8 Å². The van der Waals surface area contributed by atoms with Gasteiger partial charge in [-0.05, 0) is 63.4 Å². The van der Waals surface area contributed by atoms with Gasteiger partial charge in [0.05, 0.1) is 17.2 Å². The van der Waals surface area contributed by atoms with Crippen molar-refractivity contribution in [1.82, 2.24) is 4.90 Å². The van der Waals surface area contributed by atoms with Crippen LogP contribution in [-0.2, 0) is 9.53 Å². The van der Waals surface area contributed by atoms with Crippen LogP contribution in [0.4, 0.5) is 0 Å².